The molecule has 0 atom stereocenters. The van der Waals surface area contributed by atoms with E-state index in [-0.39, 0.29) is 0 Å². The fourth-order valence-corrected chi connectivity index (χ4v) is 4.99. The summed E-state index contributed by atoms with van der Waals surface area (Å²) in [5, 5.41) is 14.6. The number of likely N-dealkylation sites (tertiary alicyclic amines) is 1. The summed E-state index contributed by atoms with van der Waals surface area (Å²) in [5.74, 6) is 2.55. The number of thioether (sulfide) groups is 1. The molecule has 7 nitrogen and oxygen atoms in total. The Balaban J connectivity index is 1.33. The molecule has 5 rings (SSSR count). The molecule has 4 aromatic rings. The zero-order valence-corrected chi connectivity index (χ0v) is 19.8. The highest BCUT2D eigenvalue weighted by molar-refractivity contribution is 7.98. The Bertz CT molecular complexity index is 1190. The lowest BCUT2D eigenvalue weighted by molar-refractivity contribution is 0.213. The fraction of sp³-hybridized carbons (Fsp3) is 0.333. The van der Waals surface area contributed by atoms with Crippen molar-refractivity contribution in [1.82, 2.24) is 29.8 Å². The Hall–Kier alpha value is -2.68. The second-order valence-electron chi connectivity index (χ2n) is 8.09. The number of hydrogen-bond acceptors (Lipinski definition) is 7. The van der Waals surface area contributed by atoms with E-state index in [1.807, 2.05) is 30.3 Å². The molecule has 170 valence electrons. The number of piperidine rings is 1. The molecule has 9 heteroatoms. The van der Waals surface area contributed by atoms with E-state index < -0.39 is 0 Å². The van der Waals surface area contributed by atoms with Crippen molar-refractivity contribution in [2.45, 2.75) is 43.3 Å². The number of nitrogens with zero attached hydrogens (tertiary/aromatic N) is 6. The van der Waals surface area contributed by atoms with Crippen LogP contribution < -0.4 is 0 Å². The molecule has 1 aliphatic heterocycles. The van der Waals surface area contributed by atoms with E-state index >= 15 is 0 Å². The van der Waals surface area contributed by atoms with Gasteiger partial charge >= 0.3 is 0 Å². The molecule has 0 radical (unpaired) electrons. The maximum atomic E-state index is 6.26. The molecule has 0 N–H and O–H groups in total. The summed E-state index contributed by atoms with van der Waals surface area (Å²) in [6, 6.07) is 17.9. The van der Waals surface area contributed by atoms with Crippen LogP contribution in [0.2, 0.25) is 5.02 Å². The maximum Gasteiger partial charge on any atom is 0.259 e. The summed E-state index contributed by atoms with van der Waals surface area (Å²) in [7, 11) is 0. The lowest BCUT2D eigenvalue weighted by Gasteiger charge is -2.26. The molecule has 33 heavy (non-hydrogen) atoms. The van der Waals surface area contributed by atoms with Gasteiger partial charge in [0.25, 0.3) is 5.89 Å². The Labute approximate surface area is 202 Å². The first-order valence-electron chi connectivity index (χ1n) is 11.1. The van der Waals surface area contributed by atoms with Crippen molar-refractivity contribution in [1.29, 1.82) is 0 Å². The van der Waals surface area contributed by atoms with Gasteiger partial charge in [0.1, 0.15) is 5.82 Å². The number of benzene rings is 2. The average molecular weight is 481 g/mol. The predicted octanol–water partition coefficient (Wildman–Crippen LogP) is 5.31. The summed E-state index contributed by atoms with van der Waals surface area (Å²) >= 11 is 7.83. The third-order valence-corrected chi connectivity index (χ3v) is 6.99. The van der Waals surface area contributed by atoms with Gasteiger partial charge in [0.05, 0.1) is 29.4 Å². The number of rotatable bonds is 8. The Morgan fingerprint density at radius 1 is 0.909 bits per heavy atom. The number of halogens is 1. The molecule has 0 unspecified atom stereocenters. The molecular formula is C24H25ClN6OS. The van der Waals surface area contributed by atoms with Crippen LogP contribution in [0.25, 0.3) is 11.5 Å². The van der Waals surface area contributed by atoms with Gasteiger partial charge < -0.3 is 9.09 Å². The third kappa shape index (κ3) is 5.46. The Kier molecular flexibility index (Phi) is 7.04. The topological polar surface area (TPSA) is 72.9 Å². The van der Waals surface area contributed by atoms with Gasteiger partial charge in [-0.3, -0.25) is 4.90 Å². The monoisotopic (exact) mass is 480 g/mol. The van der Waals surface area contributed by atoms with E-state index in [2.05, 4.69) is 54.1 Å². The molecule has 0 saturated carbocycles. The summed E-state index contributed by atoms with van der Waals surface area (Å²) < 4.78 is 7.66. The molecule has 3 heterocycles. The highest BCUT2D eigenvalue weighted by atomic mass is 35.5. The van der Waals surface area contributed by atoms with Crippen LogP contribution >= 0.6 is 23.4 Å². The van der Waals surface area contributed by atoms with E-state index in [4.69, 9.17) is 16.1 Å². The van der Waals surface area contributed by atoms with Gasteiger partial charge in [-0.05, 0) is 43.6 Å². The maximum absolute atomic E-state index is 6.26. The smallest absolute Gasteiger partial charge is 0.259 e. The van der Waals surface area contributed by atoms with E-state index in [1.165, 1.54) is 24.8 Å². The SMILES string of the molecule is Clc1ccccc1-c1nc(CSc2nnc(CN3CCCCC3)n2Cc2ccccc2)no1. The fourth-order valence-electron chi connectivity index (χ4n) is 3.97. The second-order valence-corrected chi connectivity index (χ2v) is 9.44. The van der Waals surface area contributed by atoms with Crippen molar-refractivity contribution in [3.05, 3.63) is 76.8 Å². The molecule has 2 aromatic heterocycles. The standard InChI is InChI=1S/C24H25ClN6OS/c25-20-12-6-5-11-19(20)23-26-21(29-32-23)17-33-24-28-27-22(16-30-13-7-2-8-14-30)31(24)15-18-9-3-1-4-10-18/h1,3-6,9-12H,2,7-8,13-17H2. The van der Waals surface area contributed by atoms with Crippen molar-refractivity contribution in [2.24, 2.45) is 0 Å². The first-order chi connectivity index (χ1) is 16.3. The Morgan fingerprint density at radius 2 is 1.70 bits per heavy atom. The van der Waals surface area contributed by atoms with Crippen molar-refractivity contribution < 1.29 is 4.52 Å². The highest BCUT2D eigenvalue weighted by Gasteiger charge is 2.19. The molecule has 1 saturated heterocycles. The van der Waals surface area contributed by atoms with E-state index in [1.54, 1.807) is 11.8 Å². The van der Waals surface area contributed by atoms with Gasteiger partial charge in [-0.1, -0.05) is 77.4 Å². The number of aromatic nitrogens is 5. The predicted molar refractivity (Wildman–Crippen MR) is 129 cm³/mol. The molecule has 0 bridgehead atoms. The van der Waals surface area contributed by atoms with Gasteiger partial charge in [0.15, 0.2) is 11.0 Å². The van der Waals surface area contributed by atoms with Gasteiger partial charge in [-0.25, -0.2) is 0 Å². The van der Waals surface area contributed by atoms with Crippen LogP contribution in [0.4, 0.5) is 0 Å². The minimum Gasteiger partial charge on any atom is -0.334 e. The van der Waals surface area contributed by atoms with Crippen LogP contribution in [0.1, 0.15) is 36.5 Å². The van der Waals surface area contributed by atoms with Crippen LogP contribution in [-0.2, 0) is 18.8 Å². The molecule has 0 aliphatic carbocycles. The summed E-state index contributed by atoms with van der Waals surface area (Å²) in [6.07, 6.45) is 3.81. The van der Waals surface area contributed by atoms with Crippen molar-refractivity contribution >= 4 is 23.4 Å². The van der Waals surface area contributed by atoms with E-state index in [0.717, 1.165) is 42.7 Å². The molecule has 1 aliphatic rings. The second kappa shape index (κ2) is 10.5. The minimum atomic E-state index is 0.424. The quantitative estimate of drug-likeness (QED) is 0.316. The lowest BCUT2D eigenvalue weighted by Crippen LogP contribution is -2.30. The summed E-state index contributed by atoms with van der Waals surface area (Å²) in [6.45, 7) is 3.79. The van der Waals surface area contributed by atoms with Gasteiger partial charge in [0.2, 0.25) is 0 Å². The molecule has 2 aromatic carbocycles. The number of hydrogen-bond donors (Lipinski definition) is 0. The molecule has 1 fully saturated rings. The van der Waals surface area contributed by atoms with Crippen LogP contribution in [0.5, 0.6) is 0 Å². The van der Waals surface area contributed by atoms with Crippen molar-refractivity contribution in [2.75, 3.05) is 13.1 Å². The van der Waals surface area contributed by atoms with Gasteiger partial charge in [-0.15, -0.1) is 10.2 Å². The molecule has 0 spiro atoms. The first-order valence-corrected chi connectivity index (χ1v) is 12.5. The Morgan fingerprint density at radius 3 is 2.52 bits per heavy atom. The normalized spacial score (nSPS) is 14.6. The molecular weight excluding hydrogens is 456 g/mol. The van der Waals surface area contributed by atoms with Crippen LogP contribution in [0.3, 0.4) is 0 Å². The lowest BCUT2D eigenvalue weighted by atomic mass is 10.1. The van der Waals surface area contributed by atoms with Crippen LogP contribution in [-0.4, -0.2) is 42.9 Å². The van der Waals surface area contributed by atoms with E-state index in [0.29, 0.717) is 22.5 Å². The van der Waals surface area contributed by atoms with Crippen molar-refractivity contribution in [3.63, 3.8) is 0 Å². The van der Waals surface area contributed by atoms with Crippen LogP contribution in [0, 0.1) is 0 Å². The van der Waals surface area contributed by atoms with Crippen molar-refractivity contribution in [3.8, 4) is 11.5 Å². The van der Waals surface area contributed by atoms with Gasteiger partial charge in [-0.2, -0.15) is 4.98 Å². The van der Waals surface area contributed by atoms with Crippen LogP contribution in [0.15, 0.2) is 64.3 Å². The summed E-state index contributed by atoms with van der Waals surface area (Å²) in [4.78, 5) is 6.99. The zero-order chi connectivity index (χ0) is 22.5. The third-order valence-electron chi connectivity index (χ3n) is 5.69. The first kappa shape index (κ1) is 22.1. The molecule has 0 amide bonds. The zero-order valence-electron chi connectivity index (χ0n) is 18.2. The summed E-state index contributed by atoms with van der Waals surface area (Å²) in [5.41, 5.74) is 1.96. The highest BCUT2D eigenvalue weighted by Crippen LogP contribution is 2.28. The largest absolute Gasteiger partial charge is 0.334 e. The minimum absolute atomic E-state index is 0.424. The average Bonchev–Trinajstić information content (AvgIpc) is 3.47. The van der Waals surface area contributed by atoms with Gasteiger partial charge in [0, 0.05) is 0 Å². The van der Waals surface area contributed by atoms with E-state index in [9.17, 15) is 0 Å².